The van der Waals surface area contributed by atoms with E-state index >= 15 is 0 Å². The molecule has 0 spiro atoms. The Morgan fingerprint density at radius 1 is 1.15 bits per heavy atom. The van der Waals surface area contributed by atoms with E-state index in [1.54, 1.807) is 0 Å². The van der Waals surface area contributed by atoms with Gasteiger partial charge < -0.3 is 5.11 Å². The average molecular weight is 273 g/mol. The quantitative estimate of drug-likeness (QED) is 0.769. The number of hydrogen-bond donors (Lipinski definition) is 1. The Kier molecular flexibility index (Phi) is 4.52. The van der Waals surface area contributed by atoms with Crippen LogP contribution in [0, 0.1) is 0 Å². The molecule has 1 aliphatic rings. The summed E-state index contributed by atoms with van der Waals surface area (Å²) >= 11 is 0. The van der Waals surface area contributed by atoms with Gasteiger partial charge in [-0.15, -0.1) is 0 Å². The molecule has 2 heteroatoms. The highest BCUT2D eigenvalue weighted by Crippen LogP contribution is 2.33. The number of aliphatic imine (C=N–C) groups is 1. The smallest absolute Gasteiger partial charge is 0.128 e. The molecule has 0 atom stereocenters. The van der Waals surface area contributed by atoms with Crippen molar-refractivity contribution in [2.45, 2.75) is 71.3 Å². The molecule has 0 bridgehead atoms. The standard InChI is InChI=1S/C18H27NO/c1-13(19-14-9-6-5-7-10-14)15-11-8-12-16(17(15)20)18(2,3)4/h8,11-12,14,20H,5-7,9-10H2,1-4H3. The number of aromatic hydroxyl groups is 1. The maximum absolute atomic E-state index is 10.5. The van der Waals surface area contributed by atoms with Crippen LogP contribution in [0.25, 0.3) is 0 Å². The Bertz CT molecular complexity index is 491. The summed E-state index contributed by atoms with van der Waals surface area (Å²) in [7, 11) is 0. The van der Waals surface area contributed by atoms with Crippen LogP contribution in [-0.4, -0.2) is 16.9 Å². The van der Waals surface area contributed by atoms with Gasteiger partial charge in [-0.3, -0.25) is 4.99 Å². The molecule has 0 radical (unpaired) electrons. The summed E-state index contributed by atoms with van der Waals surface area (Å²) in [4.78, 5) is 4.85. The highest BCUT2D eigenvalue weighted by molar-refractivity contribution is 6.01. The number of para-hydroxylation sites is 1. The molecule has 0 amide bonds. The summed E-state index contributed by atoms with van der Waals surface area (Å²) in [5.41, 5.74) is 2.81. The van der Waals surface area contributed by atoms with E-state index < -0.39 is 0 Å². The van der Waals surface area contributed by atoms with Gasteiger partial charge in [0.05, 0.1) is 6.04 Å². The molecule has 1 fully saturated rings. The van der Waals surface area contributed by atoms with Crippen LogP contribution in [0.4, 0.5) is 0 Å². The summed E-state index contributed by atoms with van der Waals surface area (Å²) in [6, 6.07) is 6.45. The van der Waals surface area contributed by atoms with Crippen molar-refractivity contribution < 1.29 is 5.11 Å². The number of hydrogen-bond acceptors (Lipinski definition) is 2. The summed E-state index contributed by atoms with van der Waals surface area (Å²) < 4.78 is 0. The minimum absolute atomic E-state index is 0.0504. The second kappa shape index (κ2) is 5.99. The SMILES string of the molecule is CC(=NC1CCCCC1)c1cccc(C(C)(C)C)c1O. The maximum Gasteiger partial charge on any atom is 0.128 e. The van der Waals surface area contributed by atoms with E-state index in [1.807, 2.05) is 25.1 Å². The Morgan fingerprint density at radius 3 is 2.40 bits per heavy atom. The maximum atomic E-state index is 10.5. The fourth-order valence-corrected chi connectivity index (χ4v) is 2.99. The van der Waals surface area contributed by atoms with Crippen LogP contribution in [0.2, 0.25) is 0 Å². The van der Waals surface area contributed by atoms with Gasteiger partial charge in [0.25, 0.3) is 0 Å². The fraction of sp³-hybridized carbons (Fsp3) is 0.611. The zero-order valence-electron chi connectivity index (χ0n) is 13.2. The summed E-state index contributed by atoms with van der Waals surface area (Å²) in [6.07, 6.45) is 6.30. The number of phenols is 1. The van der Waals surface area contributed by atoms with E-state index in [9.17, 15) is 5.11 Å². The first-order valence-electron chi connectivity index (χ1n) is 7.77. The molecule has 1 N–H and O–H groups in total. The van der Waals surface area contributed by atoms with Gasteiger partial charge in [-0.1, -0.05) is 52.2 Å². The van der Waals surface area contributed by atoms with Crippen molar-refractivity contribution in [3.63, 3.8) is 0 Å². The molecule has 2 rings (SSSR count). The predicted molar refractivity (Wildman–Crippen MR) is 85.9 cm³/mol. The van der Waals surface area contributed by atoms with Gasteiger partial charge in [-0.05, 0) is 36.8 Å². The summed E-state index contributed by atoms with van der Waals surface area (Å²) in [5.74, 6) is 0.400. The van der Waals surface area contributed by atoms with Crippen molar-refractivity contribution in [3.05, 3.63) is 29.3 Å². The number of nitrogens with zero attached hydrogens (tertiary/aromatic N) is 1. The van der Waals surface area contributed by atoms with Gasteiger partial charge >= 0.3 is 0 Å². The highest BCUT2D eigenvalue weighted by atomic mass is 16.3. The van der Waals surface area contributed by atoms with Crippen LogP contribution in [0.5, 0.6) is 5.75 Å². The normalized spacial score (nSPS) is 18.3. The van der Waals surface area contributed by atoms with Crippen molar-refractivity contribution >= 4 is 5.71 Å². The van der Waals surface area contributed by atoms with Gasteiger partial charge in [-0.25, -0.2) is 0 Å². The van der Waals surface area contributed by atoms with Crippen LogP contribution < -0.4 is 0 Å². The first-order valence-corrected chi connectivity index (χ1v) is 7.77. The molecule has 0 heterocycles. The molecule has 1 aromatic carbocycles. The van der Waals surface area contributed by atoms with Crippen molar-refractivity contribution in [2.75, 3.05) is 0 Å². The van der Waals surface area contributed by atoms with Crippen molar-refractivity contribution in [2.24, 2.45) is 4.99 Å². The lowest BCUT2D eigenvalue weighted by Crippen LogP contribution is -2.14. The topological polar surface area (TPSA) is 32.6 Å². The molecule has 1 aromatic rings. The highest BCUT2D eigenvalue weighted by Gasteiger charge is 2.21. The Morgan fingerprint density at radius 2 is 1.80 bits per heavy atom. The first-order chi connectivity index (χ1) is 9.39. The first kappa shape index (κ1) is 15.1. The molecular formula is C18H27NO. The summed E-state index contributed by atoms with van der Waals surface area (Å²) in [6.45, 7) is 8.40. The second-order valence-electron chi connectivity index (χ2n) is 6.96. The van der Waals surface area contributed by atoms with Crippen LogP contribution in [-0.2, 0) is 5.41 Å². The molecule has 0 unspecified atom stereocenters. The minimum atomic E-state index is -0.0504. The van der Waals surface area contributed by atoms with Crippen molar-refractivity contribution in [3.8, 4) is 5.75 Å². The molecule has 0 saturated heterocycles. The molecule has 1 saturated carbocycles. The van der Waals surface area contributed by atoms with Crippen LogP contribution >= 0.6 is 0 Å². The molecule has 2 nitrogen and oxygen atoms in total. The van der Waals surface area contributed by atoms with E-state index in [0.717, 1.165) is 16.8 Å². The number of benzene rings is 1. The van der Waals surface area contributed by atoms with Crippen LogP contribution in [0.15, 0.2) is 23.2 Å². The zero-order valence-corrected chi connectivity index (χ0v) is 13.2. The third-order valence-corrected chi connectivity index (χ3v) is 4.18. The van der Waals surface area contributed by atoms with E-state index in [0.29, 0.717) is 11.8 Å². The number of rotatable bonds is 2. The van der Waals surface area contributed by atoms with Gasteiger partial charge in [0.15, 0.2) is 0 Å². The predicted octanol–water partition coefficient (Wildman–Crippen LogP) is 4.83. The third-order valence-electron chi connectivity index (χ3n) is 4.18. The molecule has 20 heavy (non-hydrogen) atoms. The van der Waals surface area contributed by atoms with Gasteiger partial charge in [0, 0.05) is 11.3 Å². The lowest BCUT2D eigenvalue weighted by atomic mass is 9.84. The molecule has 1 aliphatic carbocycles. The zero-order chi connectivity index (χ0) is 14.8. The third kappa shape index (κ3) is 3.41. The average Bonchev–Trinajstić information content (AvgIpc) is 2.38. The molecule has 0 aliphatic heterocycles. The van der Waals surface area contributed by atoms with Crippen LogP contribution in [0.1, 0.15) is 70.9 Å². The number of phenolic OH excluding ortho intramolecular Hbond substituents is 1. The second-order valence-corrected chi connectivity index (χ2v) is 6.96. The van der Waals surface area contributed by atoms with E-state index in [-0.39, 0.29) is 5.41 Å². The Hall–Kier alpha value is -1.31. The molecule has 0 aromatic heterocycles. The summed E-state index contributed by atoms with van der Waals surface area (Å²) in [5, 5.41) is 10.5. The lowest BCUT2D eigenvalue weighted by Gasteiger charge is -2.23. The fourth-order valence-electron chi connectivity index (χ4n) is 2.99. The van der Waals surface area contributed by atoms with E-state index in [2.05, 4.69) is 20.8 Å². The molecule has 110 valence electrons. The monoisotopic (exact) mass is 273 g/mol. The van der Waals surface area contributed by atoms with Gasteiger partial charge in [0.1, 0.15) is 5.75 Å². The molecular weight excluding hydrogens is 246 g/mol. The van der Waals surface area contributed by atoms with Gasteiger partial charge in [0.2, 0.25) is 0 Å². The van der Waals surface area contributed by atoms with E-state index in [4.69, 9.17) is 4.99 Å². The lowest BCUT2D eigenvalue weighted by molar-refractivity contribution is 0.440. The van der Waals surface area contributed by atoms with Crippen LogP contribution in [0.3, 0.4) is 0 Å². The van der Waals surface area contributed by atoms with Crippen molar-refractivity contribution in [1.82, 2.24) is 0 Å². The van der Waals surface area contributed by atoms with Crippen molar-refractivity contribution in [1.29, 1.82) is 0 Å². The largest absolute Gasteiger partial charge is 0.507 e. The Balaban J connectivity index is 2.30. The van der Waals surface area contributed by atoms with E-state index in [1.165, 1.54) is 32.1 Å². The van der Waals surface area contributed by atoms with Gasteiger partial charge in [-0.2, -0.15) is 0 Å². The Labute approximate surface area is 122 Å². The minimum Gasteiger partial charge on any atom is -0.507 e.